The van der Waals surface area contributed by atoms with Crippen molar-refractivity contribution in [1.29, 1.82) is 0 Å². The molecular formula is C8H13Cl. The molecule has 0 aromatic rings. The molecule has 1 rings (SSSR count). The standard InChI is InChI=1S/C4H7Cl.C4H6/c1-4(2)3-5;1-4-2-3-4/h1,3H2,2H3;2H,3H2,1H3. The van der Waals surface area contributed by atoms with Crippen LogP contribution in [0.25, 0.3) is 0 Å². The van der Waals surface area contributed by atoms with Crippen LogP contribution in [-0.4, -0.2) is 5.88 Å². The van der Waals surface area contributed by atoms with Crippen LogP contribution in [0, 0.1) is 0 Å². The smallest absolute Gasteiger partial charge is 0.0428 e. The third-order valence-electron chi connectivity index (χ3n) is 0.840. The van der Waals surface area contributed by atoms with Crippen molar-refractivity contribution in [2.24, 2.45) is 0 Å². The summed E-state index contributed by atoms with van der Waals surface area (Å²) in [6, 6.07) is 0. The van der Waals surface area contributed by atoms with Gasteiger partial charge in [0, 0.05) is 5.88 Å². The van der Waals surface area contributed by atoms with Gasteiger partial charge in [0.2, 0.25) is 0 Å². The van der Waals surface area contributed by atoms with Crippen molar-refractivity contribution in [2.45, 2.75) is 20.3 Å². The van der Waals surface area contributed by atoms with Crippen LogP contribution in [0.3, 0.4) is 0 Å². The van der Waals surface area contributed by atoms with Crippen molar-refractivity contribution in [1.82, 2.24) is 0 Å². The number of hydrogen-bond acceptors (Lipinski definition) is 0. The van der Waals surface area contributed by atoms with Gasteiger partial charge in [-0.2, -0.15) is 0 Å². The molecule has 1 aliphatic rings. The lowest BCUT2D eigenvalue weighted by atomic mass is 10.4. The summed E-state index contributed by atoms with van der Waals surface area (Å²) in [6.07, 6.45) is 3.49. The number of hydrogen-bond donors (Lipinski definition) is 0. The molecule has 52 valence electrons. The molecule has 0 radical (unpaired) electrons. The molecule has 1 aliphatic carbocycles. The van der Waals surface area contributed by atoms with Crippen molar-refractivity contribution in [3.63, 3.8) is 0 Å². The SMILES string of the molecule is C=C(C)CCl.CC1=CC1. The van der Waals surface area contributed by atoms with E-state index in [2.05, 4.69) is 19.6 Å². The van der Waals surface area contributed by atoms with Crippen LogP contribution in [-0.2, 0) is 0 Å². The first-order valence-corrected chi connectivity index (χ1v) is 3.56. The van der Waals surface area contributed by atoms with Crippen molar-refractivity contribution in [3.8, 4) is 0 Å². The summed E-state index contributed by atoms with van der Waals surface area (Å²) in [6.45, 7) is 7.58. The normalized spacial score (nSPS) is 13.0. The highest BCUT2D eigenvalue weighted by Crippen LogP contribution is 2.14. The monoisotopic (exact) mass is 144 g/mol. The van der Waals surface area contributed by atoms with E-state index in [9.17, 15) is 0 Å². The number of rotatable bonds is 1. The Morgan fingerprint density at radius 3 is 2.11 bits per heavy atom. The first-order valence-electron chi connectivity index (χ1n) is 3.02. The van der Waals surface area contributed by atoms with Gasteiger partial charge in [-0.1, -0.05) is 23.8 Å². The van der Waals surface area contributed by atoms with E-state index in [0.29, 0.717) is 5.88 Å². The summed E-state index contributed by atoms with van der Waals surface area (Å²) in [7, 11) is 0. The first kappa shape index (κ1) is 8.77. The molecule has 1 heteroatoms. The van der Waals surface area contributed by atoms with E-state index in [1.807, 2.05) is 6.92 Å². The summed E-state index contributed by atoms with van der Waals surface area (Å²) in [5.74, 6) is 0.583. The fourth-order valence-corrected chi connectivity index (χ4v) is 0.102. The summed E-state index contributed by atoms with van der Waals surface area (Å²) in [5, 5.41) is 0. The molecule has 0 aromatic carbocycles. The van der Waals surface area contributed by atoms with E-state index in [1.54, 1.807) is 5.57 Å². The van der Waals surface area contributed by atoms with Gasteiger partial charge in [-0.25, -0.2) is 0 Å². The van der Waals surface area contributed by atoms with E-state index in [4.69, 9.17) is 11.6 Å². The molecule has 0 unspecified atom stereocenters. The quantitative estimate of drug-likeness (QED) is 0.392. The van der Waals surface area contributed by atoms with Crippen LogP contribution < -0.4 is 0 Å². The van der Waals surface area contributed by atoms with E-state index in [1.165, 1.54) is 6.42 Å². The van der Waals surface area contributed by atoms with Crippen LogP contribution in [0.2, 0.25) is 0 Å². The van der Waals surface area contributed by atoms with Crippen LogP contribution in [0.4, 0.5) is 0 Å². The van der Waals surface area contributed by atoms with Crippen molar-refractivity contribution < 1.29 is 0 Å². The minimum absolute atomic E-state index is 0.583. The van der Waals surface area contributed by atoms with Gasteiger partial charge in [0.05, 0.1) is 0 Å². The fourth-order valence-electron chi connectivity index (χ4n) is 0.102. The van der Waals surface area contributed by atoms with Gasteiger partial charge < -0.3 is 0 Å². The van der Waals surface area contributed by atoms with Crippen LogP contribution in [0.5, 0.6) is 0 Å². The highest BCUT2D eigenvalue weighted by atomic mass is 35.5. The summed E-state index contributed by atoms with van der Waals surface area (Å²) < 4.78 is 0. The van der Waals surface area contributed by atoms with E-state index in [0.717, 1.165) is 5.57 Å². The molecule has 0 N–H and O–H groups in total. The lowest BCUT2D eigenvalue weighted by Crippen LogP contribution is -1.65. The summed E-state index contributed by atoms with van der Waals surface area (Å²) >= 11 is 5.24. The Morgan fingerprint density at radius 2 is 2.11 bits per heavy atom. The second kappa shape index (κ2) is 4.63. The molecule has 9 heavy (non-hydrogen) atoms. The van der Waals surface area contributed by atoms with Crippen LogP contribution >= 0.6 is 11.6 Å². The Bertz CT molecular complexity index is 123. The maximum absolute atomic E-state index is 5.24. The lowest BCUT2D eigenvalue weighted by Gasteiger charge is -1.77. The third-order valence-corrected chi connectivity index (χ3v) is 1.30. The molecular weight excluding hydrogens is 132 g/mol. The Labute approximate surface area is 62.2 Å². The van der Waals surface area contributed by atoms with E-state index >= 15 is 0 Å². The van der Waals surface area contributed by atoms with Crippen molar-refractivity contribution >= 4 is 11.6 Å². The lowest BCUT2D eigenvalue weighted by molar-refractivity contribution is 1.43. The topological polar surface area (TPSA) is 0 Å². The first-order chi connectivity index (χ1) is 4.16. The highest BCUT2D eigenvalue weighted by Gasteiger charge is 1.94. The molecule has 0 saturated heterocycles. The number of allylic oxidation sites excluding steroid dienone is 3. The zero-order valence-corrected chi connectivity index (χ0v) is 6.83. The molecule has 0 aliphatic heterocycles. The molecule has 0 nitrogen and oxygen atoms in total. The van der Waals surface area contributed by atoms with Gasteiger partial charge in [0.15, 0.2) is 0 Å². The van der Waals surface area contributed by atoms with Gasteiger partial charge in [0.1, 0.15) is 0 Å². The minimum Gasteiger partial charge on any atom is -0.122 e. The third kappa shape index (κ3) is 11.4. The zero-order chi connectivity index (χ0) is 7.28. The zero-order valence-electron chi connectivity index (χ0n) is 6.08. The summed E-state index contributed by atoms with van der Waals surface area (Å²) in [5.41, 5.74) is 2.56. The Hall–Kier alpha value is -0.230. The second-order valence-electron chi connectivity index (χ2n) is 2.35. The fraction of sp³-hybridized carbons (Fsp3) is 0.500. The van der Waals surface area contributed by atoms with Crippen LogP contribution in [0.1, 0.15) is 20.3 Å². The van der Waals surface area contributed by atoms with E-state index in [-0.39, 0.29) is 0 Å². The number of alkyl halides is 1. The van der Waals surface area contributed by atoms with Gasteiger partial charge in [-0.05, 0) is 20.3 Å². The predicted octanol–water partition coefficient (Wildman–Crippen LogP) is 3.14. The molecule has 0 fully saturated rings. The average molecular weight is 145 g/mol. The molecule has 0 saturated carbocycles. The van der Waals surface area contributed by atoms with Crippen molar-refractivity contribution in [3.05, 3.63) is 23.8 Å². The van der Waals surface area contributed by atoms with Gasteiger partial charge >= 0.3 is 0 Å². The second-order valence-corrected chi connectivity index (χ2v) is 2.61. The Kier molecular flexibility index (Phi) is 4.51. The molecule has 0 aromatic heterocycles. The van der Waals surface area contributed by atoms with Gasteiger partial charge in [-0.15, -0.1) is 11.6 Å². The number of halogens is 1. The maximum Gasteiger partial charge on any atom is 0.0428 e. The molecule has 0 heterocycles. The van der Waals surface area contributed by atoms with Gasteiger partial charge in [-0.3, -0.25) is 0 Å². The van der Waals surface area contributed by atoms with Crippen molar-refractivity contribution in [2.75, 3.05) is 5.88 Å². The minimum atomic E-state index is 0.583. The van der Waals surface area contributed by atoms with E-state index < -0.39 is 0 Å². The van der Waals surface area contributed by atoms with Gasteiger partial charge in [0.25, 0.3) is 0 Å². The predicted molar refractivity (Wildman–Crippen MR) is 43.9 cm³/mol. The largest absolute Gasteiger partial charge is 0.122 e. The molecule has 0 atom stereocenters. The maximum atomic E-state index is 5.24. The molecule has 0 spiro atoms. The Morgan fingerprint density at radius 1 is 1.89 bits per heavy atom. The molecule has 0 bridgehead atoms. The summed E-state index contributed by atoms with van der Waals surface area (Å²) in [4.78, 5) is 0. The molecule has 0 amide bonds. The highest BCUT2D eigenvalue weighted by molar-refractivity contribution is 6.19. The van der Waals surface area contributed by atoms with Crippen LogP contribution in [0.15, 0.2) is 23.8 Å². The Balaban J connectivity index is 0.000000144. The average Bonchev–Trinajstić information content (AvgIpc) is 2.53.